The van der Waals surface area contributed by atoms with E-state index >= 15 is 0 Å². The molecule has 0 aromatic rings. The molecule has 1 aliphatic carbocycles. The van der Waals surface area contributed by atoms with Crippen molar-refractivity contribution in [1.82, 2.24) is 10.3 Å². The maximum Gasteiger partial charge on any atom is 0.329 e. The van der Waals surface area contributed by atoms with E-state index in [-0.39, 0.29) is 55.6 Å². The van der Waals surface area contributed by atoms with Crippen LogP contribution in [0.15, 0.2) is 41.1 Å². The highest BCUT2D eigenvalue weighted by molar-refractivity contribution is 6.39. The standard InChI is InChI=1S/C46H73N3O12/c1-11-14-33-20-26(2)19-27(3)21-39(58-9)42-40(59-10)23-29(5)46(56,61-42)43(53)44(54)49-18-13-12-15-35(49)45(55)60-41(30(6)37(52)25-34(33)48-47-31(7)50)28(4)22-32-16-17-36(51)38(24-32)57-8/h11,20,22,27,29-30,32-33,35-42,51-52,56H,1,12-19,21,23-25H2,2-10H3,(H,47,50). The molecule has 0 radical (unpaired) electrons. The van der Waals surface area contributed by atoms with Crippen LogP contribution in [0.25, 0.3) is 0 Å². The number of esters is 1. The van der Waals surface area contributed by atoms with E-state index in [1.54, 1.807) is 27.0 Å². The predicted molar refractivity (Wildman–Crippen MR) is 229 cm³/mol. The van der Waals surface area contributed by atoms with E-state index < -0.39 is 77.9 Å². The van der Waals surface area contributed by atoms with Crippen LogP contribution in [0, 0.1) is 29.6 Å². The molecule has 2 amide bonds. The molecule has 14 atom stereocenters. The lowest BCUT2D eigenvalue weighted by Gasteiger charge is -2.47. The number of aliphatic hydroxyl groups is 3. The molecule has 0 spiro atoms. The van der Waals surface area contributed by atoms with Gasteiger partial charge in [-0.3, -0.25) is 14.4 Å². The van der Waals surface area contributed by atoms with Crippen molar-refractivity contribution in [3.63, 3.8) is 0 Å². The van der Waals surface area contributed by atoms with Crippen molar-refractivity contribution in [2.24, 2.45) is 34.7 Å². The Hall–Kier alpha value is -3.31. The molecule has 3 fully saturated rings. The normalized spacial score (nSPS) is 38.8. The zero-order chi connectivity index (χ0) is 45.2. The van der Waals surface area contributed by atoms with Gasteiger partial charge in [-0.1, -0.05) is 44.6 Å². The van der Waals surface area contributed by atoms with Crippen LogP contribution in [0.4, 0.5) is 0 Å². The number of hydrogen-bond acceptors (Lipinski definition) is 13. The number of amides is 2. The van der Waals surface area contributed by atoms with Gasteiger partial charge < -0.3 is 43.9 Å². The fourth-order valence-corrected chi connectivity index (χ4v) is 9.72. The molecule has 1 saturated carbocycles. The van der Waals surface area contributed by atoms with Gasteiger partial charge in [0.05, 0.1) is 30.5 Å². The molecule has 15 heteroatoms. The largest absolute Gasteiger partial charge is 0.456 e. The third-order valence-electron chi connectivity index (χ3n) is 13.3. The maximum absolute atomic E-state index is 14.5. The van der Waals surface area contributed by atoms with E-state index in [1.807, 2.05) is 19.9 Å². The van der Waals surface area contributed by atoms with Gasteiger partial charge in [0.15, 0.2) is 0 Å². The maximum atomic E-state index is 14.5. The fourth-order valence-electron chi connectivity index (χ4n) is 9.72. The molecule has 2 saturated heterocycles. The van der Waals surface area contributed by atoms with Gasteiger partial charge in [-0.25, -0.2) is 10.2 Å². The van der Waals surface area contributed by atoms with Crippen molar-refractivity contribution in [3.8, 4) is 0 Å². The highest BCUT2D eigenvalue weighted by Gasteiger charge is 2.56. The fraction of sp³-hybridized carbons (Fsp3) is 0.761. The number of carbonyl (C=O) groups excluding carboxylic acids is 4. The molecule has 2 bridgehead atoms. The monoisotopic (exact) mass is 860 g/mol. The summed E-state index contributed by atoms with van der Waals surface area (Å²) in [4.78, 5) is 56.5. The number of hydrazone groups is 1. The van der Waals surface area contributed by atoms with Crippen LogP contribution in [-0.2, 0) is 42.9 Å². The molecule has 0 aromatic carbocycles. The van der Waals surface area contributed by atoms with E-state index in [1.165, 1.54) is 26.0 Å². The van der Waals surface area contributed by atoms with Gasteiger partial charge in [-0.05, 0) is 95.5 Å². The lowest BCUT2D eigenvalue weighted by Crippen LogP contribution is -2.64. The van der Waals surface area contributed by atoms with E-state index in [9.17, 15) is 34.5 Å². The number of aliphatic hydroxyl groups excluding tert-OH is 2. The Morgan fingerprint density at radius 3 is 2.28 bits per heavy atom. The number of ketones is 1. The second kappa shape index (κ2) is 22.9. The van der Waals surface area contributed by atoms with Gasteiger partial charge in [0.25, 0.3) is 11.7 Å². The second-order valence-electron chi connectivity index (χ2n) is 18.1. The van der Waals surface area contributed by atoms with Crippen molar-refractivity contribution in [2.75, 3.05) is 27.9 Å². The van der Waals surface area contributed by atoms with Crippen LogP contribution in [0.3, 0.4) is 0 Å². The molecule has 3 aliphatic heterocycles. The summed E-state index contributed by atoms with van der Waals surface area (Å²) in [5.74, 6) is -7.79. The molecule has 15 nitrogen and oxygen atoms in total. The highest BCUT2D eigenvalue weighted by Crippen LogP contribution is 2.39. The summed E-state index contributed by atoms with van der Waals surface area (Å²) in [6, 6.07) is -1.15. The third kappa shape index (κ3) is 12.7. The third-order valence-corrected chi connectivity index (χ3v) is 13.3. The Bertz CT molecular complexity index is 1630. The number of ether oxygens (including phenoxy) is 5. The number of hydrogen-bond donors (Lipinski definition) is 4. The van der Waals surface area contributed by atoms with Crippen LogP contribution in [0.5, 0.6) is 0 Å². The van der Waals surface area contributed by atoms with Gasteiger partial charge in [0, 0.05) is 64.7 Å². The van der Waals surface area contributed by atoms with Crippen LogP contribution >= 0.6 is 0 Å². The minimum Gasteiger partial charge on any atom is -0.456 e. The van der Waals surface area contributed by atoms with Crippen molar-refractivity contribution in [3.05, 3.63) is 36.0 Å². The predicted octanol–water partition coefficient (Wildman–Crippen LogP) is 4.56. The van der Waals surface area contributed by atoms with Gasteiger partial charge in [-0.2, -0.15) is 5.10 Å². The number of nitrogens with zero attached hydrogens (tertiary/aromatic N) is 2. The van der Waals surface area contributed by atoms with Crippen molar-refractivity contribution < 1.29 is 58.2 Å². The molecular formula is C46H73N3O12. The second-order valence-corrected chi connectivity index (χ2v) is 18.1. The van der Waals surface area contributed by atoms with E-state index in [2.05, 4.69) is 30.1 Å². The Labute approximate surface area is 362 Å². The molecule has 0 aromatic heterocycles. The summed E-state index contributed by atoms with van der Waals surface area (Å²) in [5.41, 5.74) is 4.74. The Morgan fingerprint density at radius 2 is 1.64 bits per heavy atom. The van der Waals surface area contributed by atoms with Crippen molar-refractivity contribution in [2.45, 2.75) is 167 Å². The zero-order valence-corrected chi connectivity index (χ0v) is 37.8. The molecule has 3 heterocycles. The first-order valence-corrected chi connectivity index (χ1v) is 22.1. The number of carbonyl (C=O) groups is 4. The topological polar surface area (TPSA) is 203 Å². The van der Waals surface area contributed by atoms with E-state index in [0.29, 0.717) is 62.7 Å². The lowest BCUT2D eigenvalue weighted by atomic mass is 9.81. The summed E-state index contributed by atoms with van der Waals surface area (Å²) in [6.45, 7) is 14.7. The van der Waals surface area contributed by atoms with Crippen molar-refractivity contribution in [1.29, 1.82) is 0 Å². The van der Waals surface area contributed by atoms with Crippen LogP contribution in [0.1, 0.15) is 112 Å². The summed E-state index contributed by atoms with van der Waals surface area (Å²) < 4.78 is 30.0. The molecule has 4 rings (SSSR count). The Balaban J connectivity index is 1.85. The van der Waals surface area contributed by atoms with E-state index in [0.717, 1.165) is 5.57 Å². The number of Topliss-reactive ketones (excluding diaryl/α,β-unsaturated/α-hetero) is 1. The number of rotatable bonds is 8. The molecule has 61 heavy (non-hydrogen) atoms. The summed E-state index contributed by atoms with van der Waals surface area (Å²) in [5, 5.41) is 39.2. The number of allylic oxidation sites excluding steroid dienone is 4. The SMILES string of the molecule is C=CCC1C=C(C)CC(C)CC(OC)C2OC(O)(C(=O)C(=O)N3CCCCC3C(=O)OC(C(C)=CC3CCC(O)C(OC)C3)C(C)C(O)CC1=NNC(C)=O)C(C)CC2OC. The van der Waals surface area contributed by atoms with Gasteiger partial charge in [0.1, 0.15) is 18.2 Å². The van der Waals surface area contributed by atoms with E-state index in [4.69, 9.17) is 23.7 Å². The number of fused-ring (bicyclic) bond motifs is 3. The molecule has 344 valence electrons. The molecule has 14 unspecified atom stereocenters. The van der Waals surface area contributed by atoms with Crippen LogP contribution < -0.4 is 5.43 Å². The average Bonchev–Trinajstić information content (AvgIpc) is 3.23. The number of methoxy groups -OCH3 is 3. The molecular weight excluding hydrogens is 787 g/mol. The number of cyclic esters (lactones) is 1. The first-order valence-electron chi connectivity index (χ1n) is 22.1. The smallest absolute Gasteiger partial charge is 0.329 e. The first kappa shape index (κ1) is 50.3. The lowest BCUT2D eigenvalue weighted by molar-refractivity contribution is -0.302. The minimum atomic E-state index is -2.52. The Kier molecular flexibility index (Phi) is 18.9. The van der Waals surface area contributed by atoms with Gasteiger partial charge in [0.2, 0.25) is 11.7 Å². The molecule has 4 N–H and O–H groups in total. The summed E-state index contributed by atoms with van der Waals surface area (Å²) in [7, 11) is 4.62. The number of nitrogens with one attached hydrogen (secondary N) is 1. The Morgan fingerprint density at radius 1 is 0.967 bits per heavy atom. The minimum absolute atomic E-state index is 0.00584. The van der Waals surface area contributed by atoms with Gasteiger partial charge >= 0.3 is 5.97 Å². The van der Waals surface area contributed by atoms with Crippen LogP contribution in [-0.4, -0.2) is 132 Å². The summed E-state index contributed by atoms with van der Waals surface area (Å²) in [6.07, 6.45) is 5.45. The van der Waals surface area contributed by atoms with Crippen molar-refractivity contribution >= 4 is 29.3 Å². The summed E-state index contributed by atoms with van der Waals surface area (Å²) >= 11 is 0. The quantitative estimate of drug-likeness (QED) is 0.115. The average molecular weight is 860 g/mol. The van der Waals surface area contributed by atoms with Gasteiger partial charge in [-0.15, -0.1) is 6.58 Å². The number of piperidine rings is 1. The highest BCUT2D eigenvalue weighted by atomic mass is 16.7. The first-order chi connectivity index (χ1) is 28.9. The zero-order valence-electron chi connectivity index (χ0n) is 37.8. The van der Waals surface area contributed by atoms with Crippen LogP contribution in [0.2, 0.25) is 0 Å². The molecule has 4 aliphatic rings.